The predicted octanol–water partition coefficient (Wildman–Crippen LogP) is 2.82. The Morgan fingerprint density at radius 3 is 2.64 bits per heavy atom. The second kappa shape index (κ2) is 5.41. The number of nitrogens with zero attached hydrogens (tertiary/aromatic N) is 1. The van der Waals surface area contributed by atoms with Crippen LogP contribution in [0.5, 0.6) is 0 Å². The highest BCUT2D eigenvalue weighted by Gasteiger charge is 2.30. The molecule has 82 valence electrons. The zero-order valence-electron chi connectivity index (χ0n) is 9.12. The molecule has 2 heteroatoms. The van der Waals surface area contributed by atoms with E-state index in [4.69, 9.17) is 0 Å². The van der Waals surface area contributed by atoms with Gasteiger partial charge < -0.3 is 4.90 Å². The molecule has 2 aliphatic rings. The van der Waals surface area contributed by atoms with Crippen LogP contribution in [0.3, 0.4) is 0 Å². The largest absolute Gasteiger partial charge is 0.303 e. The molecule has 1 aliphatic heterocycles. The monoisotopic (exact) mass is 213 g/mol. The first-order valence-electron chi connectivity index (χ1n) is 6.23. The molecule has 0 bridgehead atoms. The molecule has 2 rings (SSSR count). The minimum atomic E-state index is 1.04. The zero-order chi connectivity index (χ0) is 9.80. The summed E-state index contributed by atoms with van der Waals surface area (Å²) in [5.41, 5.74) is 0. The number of piperidine rings is 1. The number of fused-ring (bicyclic) bond motifs is 1. The maximum atomic E-state index is 4.29. The van der Waals surface area contributed by atoms with E-state index in [0.717, 1.165) is 17.6 Å². The van der Waals surface area contributed by atoms with Gasteiger partial charge in [-0.25, -0.2) is 0 Å². The van der Waals surface area contributed by atoms with Crippen molar-refractivity contribution in [3.05, 3.63) is 0 Å². The highest BCUT2D eigenvalue weighted by Crippen LogP contribution is 2.35. The number of hydrogen-bond acceptors (Lipinski definition) is 2. The molecule has 0 aromatic heterocycles. The number of likely N-dealkylation sites (tertiary alicyclic amines) is 1. The van der Waals surface area contributed by atoms with E-state index in [9.17, 15) is 0 Å². The van der Waals surface area contributed by atoms with Crippen LogP contribution in [0.25, 0.3) is 0 Å². The summed E-state index contributed by atoms with van der Waals surface area (Å²) >= 11 is 4.29. The van der Waals surface area contributed by atoms with Crippen molar-refractivity contribution in [3.8, 4) is 0 Å². The fourth-order valence-electron chi connectivity index (χ4n) is 3.17. The Labute approximate surface area is 93.7 Å². The minimum Gasteiger partial charge on any atom is -0.303 e. The smallest absolute Gasteiger partial charge is 0.00123 e. The summed E-state index contributed by atoms with van der Waals surface area (Å²) in [6.45, 7) is 4.03. The maximum Gasteiger partial charge on any atom is 0.00123 e. The number of hydrogen-bond donors (Lipinski definition) is 1. The fraction of sp³-hybridized carbons (Fsp3) is 1.00. The summed E-state index contributed by atoms with van der Waals surface area (Å²) < 4.78 is 0. The van der Waals surface area contributed by atoms with Gasteiger partial charge in [0, 0.05) is 6.54 Å². The van der Waals surface area contributed by atoms with E-state index in [1.54, 1.807) is 0 Å². The average Bonchev–Trinajstić information content (AvgIpc) is 2.26. The van der Waals surface area contributed by atoms with Gasteiger partial charge in [-0.15, -0.1) is 0 Å². The molecule has 0 N–H and O–H groups in total. The zero-order valence-corrected chi connectivity index (χ0v) is 10.0. The molecule has 1 nitrogen and oxygen atoms in total. The van der Waals surface area contributed by atoms with Crippen molar-refractivity contribution in [2.45, 2.75) is 38.5 Å². The first kappa shape index (κ1) is 10.8. The Hall–Kier alpha value is 0.310. The van der Waals surface area contributed by atoms with E-state index in [2.05, 4.69) is 17.5 Å². The fourth-order valence-corrected chi connectivity index (χ4v) is 3.32. The molecule has 1 saturated carbocycles. The normalized spacial score (nSPS) is 34.1. The molecule has 2 unspecified atom stereocenters. The van der Waals surface area contributed by atoms with Crippen LogP contribution in [-0.4, -0.2) is 30.3 Å². The van der Waals surface area contributed by atoms with Gasteiger partial charge in [0.15, 0.2) is 0 Å². The van der Waals surface area contributed by atoms with Crippen LogP contribution in [0.1, 0.15) is 38.5 Å². The molecule has 0 aromatic carbocycles. The van der Waals surface area contributed by atoms with Crippen molar-refractivity contribution in [3.63, 3.8) is 0 Å². The molecule has 14 heavy (non-hydrogen) atoms. The van der Waals surface area contributed by atoms with Crippen molar-refractivity contribution in [2.75, 3.05) is 25.4 Å². The van der Waals surface area contributed by atoms with Gasteiger partial charge in [-0.3, -0.25) is 0 Å². The summed E-state index contributed by atoms with van der Waals surface area (Å²) in [4.78, 5) is 2.67. The van der Waals surface area contributed by atoms with E-state index < -0.39 is 0 Å². The number of rotatable bonds is 3. The van der Waals surface area contributed by atoms with E-state index in [1.165, 1.54) is 58.2 Å². The van der Waals surface area contributed by atoms with E-state index >= 15 is 0 Å². The molecule has 0 radical (unpaired) electrons. The van der Waals surface area contributed by atoms with E-state index in [0.29, 0.717) is 0 Å². The van der Waals surface area contributed by atoms with E-state index in [1.807, 2.05) is 0 Å². The second-order valence-corrected chi connectivity index (χ2v) is 5.42. The summed E-state index contributed by atoms with van der Waals surface area (Å²) in [6.07, 6.45) is 8.74. The van der Waals surface area contributed by atoms with Gasteiger partial charge in [-0.1, -0.05) is 19.3 Å². The van der Waals surface area contributed by atoms with Crippen molar-refractivity contribution in [1.29, 1.82) is 0 Å². The first-order chi connectivity index (χ1) is 6.90. The van der Waals surface area contributed by atoms with Gasteiger partial charge in [-0.05, 0) is 49.9 Å². The Bertz CT molecular complexity index is 172. The SMILES string of the molecule is SCCCN1CCC2CCCCC2C1. The van der Waals surface area contributed by atoms with Gasteiger partial charge in [0.05, 0.1) is 0 Å². The van der Waals surface area contributed by atoms with Crippen molar-refractivity contribution in [2.24, 2.45) is 11.8 Å². The predicted molar refractivity (Wildman–Crippen MR) is 65.0 cm³/mol. The van der Waals surface area contributed by atoms with Crippen LogP contribution in [0.4, 0.5) is 0 Å². The van der Waals surface area contributed by atoms with Gasteiger partial charge in [-0.2, -0.15) is 12.6 Å². The maximum absolute atomic E-state index is 4.29. The molecular formula is C12H23NS. The lowest BCUT2D eigenvalue weighted by atomic mass is 9.75. The van der Waals surface area contributed by atoms with Crippen LogP contribution in [-0.2, 0) is 0 Å². The second-order valence-electron chi connectivity index (χ2n) is 4.97. The molecule has 1 aliphatic carbocycles. The van der Waals surface area contributed by atoms with Crippen LogP contribution < -0.4 is 0 Å². The Morgan fingerprint density at radius 2 is 1.86 bits per heavy atom. The molecular weight excluding hydrogens is 190 g/mol. The number of thiol groups is 1. The summed E-state index contributed by atoms with van der Waals surface area (Å²) in [7, 11) is 0. The van der Waals surface area contributed by atoms with Crippen LogP contribution in [0.2, 0.25) is 0 Å². The van der Waals surface area contributed by atoms with Crippen LogP contribution in [0, 0.1) is 11.8 Å². The topological polar surface area (TPSA) is 3.24 Å². The molecule has 0 aromatic rings. The Kier molecular flexibility index (Phi) is 4.18. The van der Waals surface area contributed by atoms with Gasteiger partial charge in [0.2, 0.25) is 0 Å². The molecule has 1 heterocycles. The Morgan fingerprint density at radius 1 is 1.07 bits per heavy atom. The lowest BCUT2D eigenvalue weighted by Gasteiger charge is -2.41. The standard InChI is InChI=1S/C12H23NS/c14-9-3-7-13-8-6-11-4-1-2-5-12(11)10-13/h11-12,14H,1-10H2. The third-order valence-corrected chi connectivity index (χ3v) is 4.32. The Balaban J connectivity index is 1.77. The van der Waals surface area contributed by atoms with Gasteiger partial charge >= 0.3 is 0 Å². The van der Waals surface area contributed by atoms with Crippen molar-refractivity contribution >= 4 is 12.6 Å². The summed E-state index contributed by atoms with van der Waals surface area (Å²) in [5.74, 6) is 3.17. The molecule has 2 fully saturated rings. The third-order valence-electron chi connectivity index (χ3n) is 4.01. The van der Waals surface area contributed by atoms with Gasteiger partial charge in [0.25, 0.3) is 0 Å². The molecule has 2 atom stereocenters. The lowest BCUT2D eigenvalue weighted by molar-refractivity contribution is 0.0873. The summed E-state index contributed by atoms with van der Waals surface area (Å²) in [5, 5.41) is 0. The van der Waals surface area contributed by atoms with Crippen molar-refractivity contribution < 1.29 is 0 Å². The third kappa shape index (κ3) is 2.66. The van der Waals surface area contributed by atoms with Gasteiger partial charge in [0.1, 0.15) is 0 Å². The first-order valence-corrected chi connectivity index (χ1v) is 6.86. The molecule has 0 amide bonds. The van der Waals surface area contributed by atoms with Crippen LogP contribution >= 0.6 is 12.6 Å². The van der Waals surface area contributed by atoms with Crippen LogP contribution in [0.15, 0.2) is 0 Å². The highest BCUT2D eigenvalue weighted by atomic mass is 32.1. The lowest BCUT2D eigenvalue weighted by Crippen LogP contribution is -2.42. The molecule has 1 saturated heterocycles. The van der Waals surface area contributed by atoms with Crippen molar-refractivity contribution in [1.82, 2.24) is 4.90 Å². The molecule has 0 spiro atoms. The minimum absolute atomic E-state index is 1.04. The quantitative estimate of drug-likeness (QED) is 0.706. The average molecular weight is 213 g/mol. The van der Waals surface area contributed by atoms with E-state index in [-0.39, 0.29) is 0 Å². The highest BCUT2D eigenvalue weighted by molar-refractivity contribution is 7.80. The summed E-state index contributed by atoms with van der Waals surface area (Å²) in [6, 6.07) is 0.